The third-order valence-electron chi connectivity index (χ3n) is 0.903. The van der Waals surface area contributed by atoms with Gasteiger partial charge in [-0.25, -0.2) is 0 Å². The normalized spacial score (nSPS) is 7.88. The highest BCUT2D eigenvalue weighted by Crippen LogP contribution is 1.92. The zero-order chi connectivity index (χ0) is 5.82. The van der Waals surface area contributed by atoms with Gasteiger partial charge in [-0.05, 0) is 12.1 Å². The number of nitriles is 1. The fourth-order valence-corrected chi connectivity index (χ4v) is 0.513. The molecule has 0 radical (unpaired) electrons. The molecule has 0 amide bonds. The average molecular weight is 105 g/mol. The molecule has 0 atom stereocenters. The van der Waals surface area contributed by atoms with Crippen molar-refractivity contribution in [1.29, 1.82) is 5.26 Å². The highest BCUT2D eigenvalue weighted by atomic mass is 14.8. The SMILES string of the molecule is N#[14C]c1ccccc1. The van der Waals surface area contributed by atoms with E-state index in [4.69, 9.17) is 5.26 Å². The molecule has 0 unspecified atom stereocenters. The summed E-state index contributed by atoms with van der Waals surface area (Å²) in [6, 6.07) is 11.2. The molecule has 1 aromatic carbocycles. The summed E-state index contributed by atoms with van der Waals surface area (Å²) in [6.07, 6.45) is 0. The summed E-state index contributed by atoms with van der Waals surface area (Å²) >= 11 is 0. The van der Waals surface area contributed by atoms with Gasteiger partial charge in [-0.1, -0.05) is 18.2 Å². The van der Waals surface area contributed by atoms with Crippen LogP contribution in [-0.4, -0.2) is 0 Å². The predicted molar refractivity (Wildman–Crippen MR) is 31.2 cm³/mol. The van der Waals surface area contributed by atoms with E-state index in [-0.39, 0.29) is 0 Å². The quantitative estimate of drug-likeness (QED) is 0.491. The second-order valence-corrected chi connectivity index (χ2v) is 1.48. The van der Waals surface area contributed by atoms with Crippen molar-refractivity contribution in [2.75, 3.05) is 0 Å². The Morgan fingerprint density at radius 2 is 1.75 bits per heavy atom. The van der Waals surface area contributed by atoms with Crippen LogP contribution >= 0.6 is 0 Å². The van der Waals surface area contributed by atoms with Gasteiger partial charge in [0.15, 0.2) is 0 Å². The van der Waals surface area contributed by atoms with E-state index >= 15 is 0 Å². The van der Waals surface area contributed by atoms with E-state index in [9.17, 15) is 0 Å². The Hall–Kier alpha value is -1.29. The first-order chi connectivity index (χ1) is 3.93. The van der Waals surface area contributed by atoms with Gasteiger partial charge < -0.3 is 0 Å². The van der Waals surface area contributed by atoms with Crippen LogP contribution in [0.5, 0.6) is 0 Å². The maximum Gasteiger partial charge on any atom is 0.0991 e. The topological polar surface area (TPSA) is 23.8 Å². The smallest absolute Gasteiger partial charge is 0.0991 e. The highest BCUT2D eigenvalue weighted by molar-refractivity contribution is 5.27. The monoisotopic (exact) mass is 105 g/mol. The summed E-state index contributed by atoms with van der Waals surface area (Å²) in [7, 11) is 0. The fraction of sp³-hybridized carbons (Fsp3) is 0. The Labute approximate surface area is 48.2 Å². The summed E-state index contributed by atoms with van der Waals surface area (Å²) in [5.74, 6) is 0. The first-order valence-corrected chi connectivity index (χ1v) is 2.38. The molecule has 1 aromatic rings. The van der Waals surface area contributed by atoms with Crippen LogP contribution in [0.1, 0.15) is 5.56 Å². The fourth-order valence-electron chi connectivity index (χ4n) is 0.513. The van der Waals surface area contributed by atoms with Gasteiger partial charge in [0.25, 0.3) is 0 Å². The Kier molecular flexibility index (Phi) is 1.29. The minimum Gasteiger partial charge on any atom is -0.192 e. The van der Waals surface area contributed by atoms with E-state index in [2.05, 4.69) is 0 Å². The average Bonchev–Trinajstić information content (AvgIpc) is 1.90. The van der Waals surface area contributed by atoms with Gasteiger partial charge in [-0.3, -0.25) is 0 Å². The predicted octanol–water partition coefficient (Wildman–Crippen LogP) is 1.56. The van der Waals surface area contributed by atoms with Gasteiger partial charge in [-0.15, -0.1) is 0 Å². The number of benzene rings is 1. The van der Waals surface area contributed by atoms with Crippen molar-refractivity contribution >= 4 is 0 Å². The van der Waals surface area contributed by atoms with Crippen molar-refractivity contribution in [3.05, 3.63) is 35.9 Å². The Morgan fingerprint density at radius 1 is 1.12 bits per heavy atom. The molecule has 0 aliphatic carbocycles. The summed E-state index contributed by atoms with van der Waals surface area (Å²) in [6.45, 7) is 0. The second-order valence-electron chi connectivity index (χ2n) is 1.48. The number of rotatable bonds is 0. The van der Waals surface area contributed by atoms with Crippen molar-refractivity contribution in [2.45, 2.75) is 0 Å². The van der Waals surface area contributed by atoms with E-state index in [0.717, 1.165) is 0 Å². The molecule has 0 aliphatic heterocycles. The molecular weight excluding hydrogens is 100 g/mol. The van der Waals surface area contributed by atoms with Crippen molar-refractivity contribution in [1.82, 2.24) is 0 Å². The minimum absolute atomic E-state index is 0.715. The number of nitrogens with zero attached hydrogens (tertiary/aromatic N) is 1. The van der Waals surface area contributed by atoms with E-state index in [0.29, 0.717) is 5.56 Å². The van der Waals surface area contributed by atoms with Crippen LogP contribution < -0.4 is 0 Å². The summed E-state index contributed by atoms with van der Waals surface area (Å²) in [5.41, 5.74) is 0.715. The molecule has 0 N–H and O–H groups in total. The number of hydrogen-bond acceptors (Lipinski definition) is 1. The Balaban J connectivity index is 3.05. The molecule has 0 fully saturated rings. The molecule has 0 spiro atoms. The molecule has 8 heavy (non-hydrogen) atoms. The van der Waals surface area contributed by atoms with Crippen molar-refractivity contribution in [3.63, 3.8) is 0 Å². The first kappa shape index (κ1) is 4.86. The Morgan fingerprint density at radius 3 is 2.12 bits per heavy atom. The molecule has 0 aliphatic rings. The number of hydrogen-bond donors (Lipinski definition) is 0. The summed E-state index contributed by atoms with van der Waals surface area (Å²) in [4.78, 5) is 0. The maximum atomic E-state index is 8.29. The largest absolute Gasteiger partial charge is 0.192 e. The van der Waals surface area contributed by atoms with Crippen molar-refractivity contribution in [3.8, 4) is 6.07 Å². The zero-order valence-corrected chi connectivity index (χ0v) is 4.33. The molecule has 0 saturated heterocycles. The lowest BCUT2D eigenvalue weighted by Gasteiger charge is -1.80. The third-order valence-corrected chi connectivity index (χ3v) is 0.903. The zero-order valence-electron chi connectivity index (χ0n) is 4.33. The van der Waals surface area contributed by atoms with E-state index < -0.39 is 0 Å². The first-order valence-electron chi connectivity index (χ1n) is 2.38. The Bertz CT molecular complexity index is 195. The lowest BCUT2D eigenvalue weighted by molar-refractivity contribution is 1.49. The van der Waals surface area contributed by atoms with Gasteiger partial charge in [0, 0.05) is 0 Å². The molecule has 1 heteroatoms. The van der Waals surface area contributed by atoms with E-state index in [1.165, 1.54) is 0 Å². The molecule has 38 valence electrons. The van der Waals surface area contributed by atoms with E-state index in [1.54, 1.807) is 12.1 Å². The van der Waals surface area contributed by atoms with Crippen LogP contribution in [0.2, 0.25) is 0 Å². The lowest BCUT2D eigenvalue weighted by atomic mass is 10.3. The molecule has 1 nitrogen and oxygen atoms in total. The third kappa shape index (κ3) is 0.855. The van der Waals surface area contributed by atoms with Crippen LogP contribution in [0.25, 0.3) is 0 Å². The maximum absolute atomic E-state index is 8.29. The van der Waals surface area contributed by atoms with Gasteiger partial charge in [0.2, 0.25) is 0 Å². The van der Waals surface area contributed by atoms with Crippen LogP contribution in [-0.2, 0) is 0 Å². The van der Waals surface area contributed by atoms with Crippen LogP contribution in [0.3, 0.4) is 0 Å². The minimum atomic E-state index is 0.715. The van der Waals surface area contributed by atoms with Crippen molar-refractivity contribution < 1.29 is 0 Å². The molecule has 0 saturated carbocycles. The highest BCUT2D eigenvalue weighted by Gasteiger charge is 1.79. The van der Waals surface area contributed by atoms with Gasteiger partial charge in [0.05, 0.1) is 11.6 Å². The molecular formula is C7H5N. The van der Waals surface area contributed by atoms with Crippen LogP contribution in [0.4, 0.5) is 0 Å². The standard InChI is InChI=1S/C7H5N/c8-6-7-4-2-1-3-5-7/h1-5H/i6+2. The van der Waals surface area contributed by atoms with Gasteiger partial charge >= 0.3 is 0 Å². The second kappa shape index (κ2) is 2.13. The summed E-state index contributed by atoms with van der Waals surface area (Å²) in [5, 5.41) is 8.29. The van der Waals surface area contributed by atoms with Gasteiger partial charge in [-0.2, -0.15) is 5.26 Å². The van der Waals surface area contributed by atoms with Crippen molar-refractivity contribution in [2.24, 2.45) is 0 Å². The van der Waals surface area contributed by atoms with Crippen LogP contribution in [0, 0.1) is 11.3 Å². The van der Waals surface area contributed by atoms with Crippen LogP contribution in [0.15, 0.2) is 30.3 Å². The van der Waals surface area contributed by atoms with E-state index in [1.807, 2.05) is 24.3 Å². The summed E-state index contributed by atoms with van der Waals surface area (Å²) < 4.78 is 0. The molecule has 0 aromatic heterocycles. The molecule has 1 rings (SSSR count). The molecule has 0 heterocycles. The molecule has 0 bridgehead atoms. The van der Waals surface area contributed by atoms with Gasteiger partial charge in [0.1, 0.15) is 0 Å². The lowest BCUT2D eigenvalue weighted by Crippen LogP contribution is -1.66.